The monoisotopic (exact) mass is 231 g/mol. The number of H-pyrrole nitrogens is 1. The fourth-order valence-corrected chi connectivity index (χ4v) is 1.56. The molecule has 1 aliphatic heterocycles. The van der Waals surface area contributed by atoms with Crippen molar-refractivity contribution in [3.63, 3.8) is 0 Å². The quantitative estimate of drug-likeness (QED) is 0.818. The zero-order valence-corrected chi connectivity index (χ0v) is 8.77. The van der Waals surface area contributed by atoms with Crippen molar-refractivity contribution in [2.24, 2.45) is 0 Å². The average Bonchev–Trinajstić information content (AvgIpc) is 2.99. The number of rotatable bonds is 2. The van der Waals surface area contributed by atoms with Gasteiger partial charge in [-0.1, -0.05) is 0 Å². The standard InChI is InChI=1S/C11H9N3O3/c15-11(8-3-4-12-14-8)13-7-1-2-9-10(5-7)17-6-16-9/h1-5H,6H2,(H,12,14)(H,13,15). The van der Waals surface area contributed by atoms with Crippen LogP contribution in [0.15, 0.2) is 30.5 Å². The van der Waals surface area contributed by atoms with E-state index in [1.165, 1.54) is 0 Å². The van der Waals surface area contributed by atoms with Gasteiger partial charge >= 0.3 is 0 Å². The molecule has 0 saturated carbocycles. The Kier molecular flexibility index (Phi) is 2.18. The first-order valence-corrected chi connectivity index (χ1v) is 5.04. The van der Waals surface area contributed by atoms with E-state index in [0.29, 0.717) is 22.9 Å². The minimum Gasteiger partial charge on any atom is -0.454 e. The van der Waals surface area contributed by atoms with Gasteiger partial charge in [0.15, 0.2) is 11.5 Å². The Labute approximate surface area is 96.5 Å². The lowest BCUT2D eigenvalue weighted by molar-refractivity contribution is 0.102. The van der Waals surface area contributed by atoms with E-state index in [2.05, 4.69) is 15.5 Å². The van der Waals surface area contributed by atoms with Crippen LogP contribution in [0.25, 0.3) is 0 Å². The number of carbonyl (C=O) groups excluding carboxylic acids is 1. The van der Waals surface area contributed by atoms with E-state index in [1.807, 2.05) is 0 Å². The van der Waals surface area contributed by atoms with E-state index in [-0.39, 0.29) is 12.7 Å². The summed E-state index contributed by atoms with van der Waals surface area (Å²) in [5.74, 6) is 1.04. The molecule has 6 heteroatoms. The number of hydrogen-bond acceptors (Lipinski definition) is 4. The number of anilines is 1. The lowest BCUT2D eigenvalue weighted by Gasteiger charge is -2.03. The molecule has 6 nitrogen and oxygen atoms in total. The van der Waals surface area contributed by atoms with Crippen molar-refractivity contribution < 1.29 is 14.3 Å². The van der Waals surface area contributed by atoms with Gasteiger partial charge in [0, 0.05) is 18.0 Å². The molecule has 2 heterocycles. The van der Waals surface area contributed by atoms with E-state index in [4.69, 9.17) is 9.47 Å². The molecule has 3 rings (SSSR count). The second-order valence-corrected chi connectivity index (χ2v) is 3.48. The average molecular weight is 231 g/mol. The molecule has 2 aromatic rings. The molecule has 0 bridgehead atoms. The van der Waals surface area contributed by atoms with Crippen LogP contribution in [0.4, 0.5) is 5.69 Å². The highest BCUT2D eigenvalue weighted by Crippen LogP contribution is 2.34. The van der Waals surface area contributed by atoms with Crippen LogP contribution < -0.4 is 14.8 Å². The van der Waals surface area contributed by atoms with Crippen molar-refractivity contribution in [2.45, 2.75) is 0 Å². The summed E-state index contributed by atoms with van der Waals surface area (Å²) in [7, 11) is 0. The molecular weight excluding hydrogens is 222 g/mol. The first-order valence-electron chi connectivity index (χ1n) is 5.04. The summed E-state index contributed by atoms with van der Waals surface area (Å²) >= 11 is 0. The van der Waals surface area contributed by atoms with Crippen molar-refractivity contribution in [3.8, 4) is 11.5 Å². The first-order chi connectivity index (χ1) is 8.33. The van der Waals surface area contributed by atoms with E-state index in [9.17, 15) is 4.79 Å². The van der Waals surface area contributed by atoms with Crippen LogP contribution in [0.2, 0.25) is 0 Å². The van der Waals surface area contributed by atoms with E-state index < -0.39 is 0 Å². The normalized spacial score (nSPS) is 12.5. The Bertz CT molecular complexity index is 551. The molecule has 1 aromatic carbocycles. The molecule has 86 valence electrons. The number of hydrogen-bond donors (Lipinski definition) is 2. The molecule has 17 heavy (non-hydrogen) atoms. The first kappa shape index (κ1) is 9.71. The van der Waals surface area contributed by atoms with Gasteiger partial charge in [-0.15, -0.1) is 0 Å². The Morgan fingerprint density at radius 2 is 2.18 bits per heavy atom. The summed E-state index contributed by atoms with van der Waals surface area (Å²) in [6.45, 7) is 0.214. The van der Waals surface area contributed by atoms with Gasteiger partial charge in [-0.05, 0) is 18.2 Å². The molecule has 0 fully saturated rings. The number of benzene rings is 1. The van der Waals surface area contributed by atoms with Gasteiger partial charge in [0.25, 0.3) is 5.91 Å². The van der Waals surface area contributed by atoms with Gasteiger partial charge in [0.05, 0.1) is 0 Å². The minimum absolute atomic E-state index is 0.214. The van der Waals surface area contributed by atoms with Gasteiger partial charge in [-0.2, -0.15) is 5.10 Å². The molecular formula is C11H9N3O3. The molecule has 1 amide bonds. The number of amides is 1. The maximum Gasteiger partial charge on any atom is 0.276 e. The molecule has 0 atom stereocenters. The van der Waals surface area contributed by atoms with Crippen LogP contribution in [0.5, 0.6) is 11.5 Å². The highest BCUT2D eigenvalue weighted by atomic mass is 16.7. The van der Waals surface area contributed by atoms with Gasteiger partial charge in [-0.3, -0.25) is 9.89 Å². The van der Waals surface area contributed by atoms with Gasteiger partial charge in [0.1, 0.15) is 5.69 Å². The lowest BCUT2D eigenvalue weighted by atomic mass is 10.2. The summed E-state index contributed by atoms with van der Waals surface area (Å²) in [5, 5.41) is 9.09. The van der Waals surface area contributed by atoms with Crippen LogP contribution in [-0.2, 0) is 0 Å². The number of carbonyl (C=O) groups is 1. The fraction of sp³-hybridized carbons (Fsp3) is 0.0909. The molecule has 1 aliphatic rings. The summed E-state index contributed by atoms with van der Waals surface area (Å²) in [5.41, 5.74) is 0.977. The fourth-order valence-electron chi connectivity index (χ4n) is 1.56. The Balaban J connectivity index is 1.80. The van der Waals surface area contributed by atoms with Crippen LogP contribution in [0, 0.1) is 0 Å². The molecule has 2 N–H and O–H groups in total. The number of nitrogens with one attached hydrogen (secondary N) is 2. The van der Waals surface area contributed by atoms with E-state index in [1.54, 1.807) is 30.5 Å². The number of fused-ring (bicyclic) bond motifs is 1. The van der Waals surface area contributed by atoms with Crippen molar-refractivity contribution >= 4 is 11.6 Å². The predicted molar refractivity (Wildman–Crippen MR) is 59.1 cm³/mol. The maximum absolute atomic E-state index is 11.7. The molecule has 0 unspecified atom stereocenters. The van der Waals surface area contributed by atoms with Crippen molar-refractivity contribution in [1.82, 2.24) is 10.2 Å². The summed E-state index contributed by atoms with van der Waals surface area (Å²) in [6.07, 6.45) is 1.59. The van der Waals surface area contributed by atoms with Crippen molar-refractivity contribution in [2.75, 3.05) is 12.1 Å². The van der Waals surface area contributed by atoms with E-state index >= 15 is 0 Å². The van der Waals surface area contributed by atoms with E-state index in [0.717, 1.165) is 0 Å². The van der Waals surface area contributed by atoms with Gasteiger partial charge < -0.3 is 14.8 Å². The van der Waals surface area contributed by atoms with Crippen LogP contribution in [0.3, 0.4) is 0 Å². The minimum atomic E-state index is -0.273. The highest BCUT2D eigenvalue weighted by Gasteiger charge is 2.15. The topological polar surface area (TPSA) is 76.2 Å². The summed E-state index contributed by atoms with van der Waals surface area (Å²) in [4.78, 5) is 11.7. The van der Waals surface area contributed by atoms with Crippen LogP contribution >= 0.6 is 0 Å². The third kappa shape index (κ3) is 1.80. The highest BCUT2D eigenvalue weighted by molar-refractivity contribution is 6.02. The molecule has 0 radical (unpaired) electrons. The molecule has 0 saturated heterocycles. The third-order valence-electron chi connectivity index (χ3n) is 2.36. The Morgan fingerprint density at radius 1 is 1.29 bits per heavy atom. The second kappa shape index (κ2) is 3.82. The predicted octanol–water partition coefficient (Wildman–Crippen LogP) is 1.39. The number of ether oxygens (including phenoxy) is 2. The SMILES string of the molecule is O=C(Nc1ccc2c(c1)OCO2)c1cc[nH]n1. The zero-order chi connectivity index (χ0) is 11.7. The molecule has 0 aliphatic carbocycles. The Hall–Kier alpha value is -2.50. The van der Waals surface area contributed by atoms with Crippen molar-refractivity contribution in [1.29, 1.82) is 0 Å². The number of aromatic nitrogens is 2. The number of nitrogens with zero attached hydrogens (tertiary/aromatic N) is 1. The largest absolute Gasteiger partial charge is 0.454 e. The lowest BCUT2D eigenvalue weighted by Crippen LogP contribution is -2.12. The molecule has 1 aromatic heterocycles. The third-order valence-corrected chi connectivity index (χ3v) is 2.36. The summed E-state index contributed by atoms with van der Waals surface area (Å²) < 4.78 is 10.4. The van der Waals surface area contributed by atoms with Crippen LogP contribution in [-0.4, -0.2) is 22.9 Å². The smallest absolute Gasteiger partial charge is 0.276 e. The van der Waals surface area contributed by atoms with Gasteiger partial charge in [-0.25, -0.2) is 0 Å². The molecule has 0 spiro atoms. The van der Waals surface area contributed by atoms with Gasteiger partial charge in [0.2, 0.25) is 6.79 Å². The zero-order valence-electron chi connectivity index (χ0n) is 8.77. The summed E-state index contributed by atoms with van der Waals surface area (Å²) in [6, 6.07) is 6.82. The van der Waals surface area contributed by atoms with Crippen LogP contribution in [0.1, 0.15) is 10.5 Å². The maximum atomic E-state index is 11.7. The van der Waals surface area contributed by atoms with Crippen molar-refractivity contribution in [3.05, 3.63) is 36.2 Å². The second-order valence-electron chi connectivity index (χ2n) is 3.48. The Morgan fingerprint density at radius 3 is 3.00 bits per heavy atom. The number of aromatic amines is 1.